The van der Waals surface area contributed by atoms with Gasteiger partial charge in [0, 0.05) is 6.42 Å². The molecule has 162 valence electrons. The third-order valence-corrected chi connectivity index (χ3v) is 4.54. The Bertz CT molecular complexity index is 633. The summed E-state index contributed by atoms with van der Waals surface area (Å²) in [5.74, 6) is -1.38. The summed E-state index contributed by atoms with van der Waals surface area (Å²) in [4.78, 5) is 38.5. The van der Waals surface area contributed by atoms with Crippen LogP contribution in [-0.2, 0) is 19.1 Å². The van der Waals surface area contributed by atoms with Crippen molar-refractivity contribution in [1.82, 2.24) is 10.4 Å². The van der Waals surface area contributed by atoms with Crippen LogP contribution < -0.4 is 5.48 Å². The number of nitrogens with one attached hydrogen (secondary N) is 1. The summed E-state index contributed by atoms with van der Waals surface area (Å²) in [7, 11) is 0. The number of hydrogen-bond acceptors (Lipinski definition) is 5. The maximum Gasteiger partial charge on any atom is 0.308 e. The molecule has 0 aliphatic rings. The lowest BCUT2D eigenvalue weighted by Gasteiger charge is -2.31. The van der Waals surface area contributed by atoms with E-state index in [0.29, 0.717) is 6.42 Å². The molecule has 0 aliphatic heterocycles. The molecule has 0 saturated carbocycles. The van der Waals surface area contributed by atoms with Crippen LogP contribution in [0.25, 0.3) is 0 Å². The molecule has 2 amide bonds. The Balaban J connectivity index is 3.02. The summed E-state index contributed by atoms with van der Waals surface area (Å²) >= 11 is 0. The summed E-state index contributed by atoms with van der Waals surface area (Å²) < 4.78 is 5.26. The average Bonchev–Trinajstić information content (AvgIpc) is 2.70. The third kappa shape index (κ3) is 9.56. The molecule has 0 bridgehead atoms. The number of amides is 2. The van der Waals surface area contributed by atoms with Gasteiger partial charge >= 0.3 is 5.97 Å². The number of hydroxylamine groups is 1. The summed E-state index contributed by atoms with van der Waals surface area (Å²) in [5, 5.41) is 8.96. The van der Waals surface area contributed by atoms with Gasteiger partial charge < -0.3 is 9.64 Å². The number of benzene rings is 1. The molecule has 0 saturated heterocycles. The van der Waals surface area contributed by atoms with Crippen molar-refractivity contribution >= 4 is 17.8 Å². The SMILES string of the molecule is CCCCCCCC(=O)N(CC(=O)NO)C(CC(=O)OC(C)C)c1ccccc1. The zero-order valence-electron chi connectivity index (χ0n) is 17.7. The molecule has 7 heteroatoms. The van der Waals surface area contributed by atoms with Gasteiger partial charge in [0.15, 0.2) is 0 Å². The molecule has 1 aromatic carbocycles. The van der Waals surface area contributed by atoms with Gasteiger partial charge in [-0.1, -0.05) is 62.9 Å². The van der Waals surface area contributed by atoms with Crippen molar-refractivity contribution in [2.45, 2.75) is 77.9 Å². The lowest BCUT2D eigenvalue weighted by Crippen LogP contribution is -2.43. The molecule has 0 radical (unpaired) electrons. The highest BCUT2D eigenvalue weighted by molar-refractivity contribution is 5.85. The minimum Gasteiger partial charge on any atom is -0.463 e. The molecule has 2 N–H and O–H groups in total. The van der Waals surface area contributed by atoms with E-state index < -0.39 is 17.9 Å². The Kier molecular flexibility index (Phi) is 11.6. The second-order valence-electron chi connectivity index (χ2n) is 7.39. The van der Waals surface area contributed by atoms with Crippen molar-refractivity contribution in [3.8, 4) is 0 Å². The van der Waals surface area contributed by atoms with Gasteiger partial charge in [-0.3, -0.25) is 19.6 Å². The maximum absolute atomic E-state index is 13.0. The molecule has 1 atom stereocenters. The van der Waals surface area contributed by atoms with E-state index in [0.717, 1.165) is 31.2 Å². The van der Waals surface area contributed by atoms with Crippen LogP contribution in [-0.4, -0.2) is 40.5 Å². The Labute approximate surface area is 173 Å². The van der Waals surface area contributed by atoms with Crippen molar-refractivity contribution in [1.29, 1.82) is 0 Å². The van der Waals surface area contributed by atoms with Gasteiger partial charge in [-0.05, 0) is 25.8 Å². The van der Waals surface area contributed by atoms with Crippen LogP contribution in [0.3, 0.4) is 0 Å². The number of rotatable bonds is 13. The van der Waals surface area contributed by atoms with Gasteiger partial charge in [0.2, 0.25) is 5.91 Å². The second kappa shape index (κ2) is 13.7. The van der Waals surface area contributed by atoms with Crippen LogP contribution in [0.5, 0.6) is 0 Å². The number of carbonyl (C=O) groups excluding carboxylic acids is 3. The number of nitrogens with zero attached hydrogens (tertiary/aromatic N) is 1. The molecule has 1 rings (SSSR count). The molecule has 1 unspecified atom stereocenters. The van der Waals surface area contributed by atoms with Crippen molar-refractivity contribution in [3.05, 3.63) is 35.9 Å². The summed E-state index contributed by atoms with van der Waals surface area (Å²) in [6, 6.07) is 8.44. The molecule has 7 nitrogen and oxygen atoms in total. The van der Waals surface area contributed by atoms with Crippen LogP contribution in [0.2, 0.25) is 0 Å². The summed E-state index contributed by atoms with van der Waals surface area (Å²) in [6.07, 6.45) is 4.89. The minimum absolute atomic E-state index is 0.0670. The van der Waals surface area contributed by atoms with E-state index in [-0.39, 0.29) is 31.4 Å². The summed E-state index contributed by atoms with van der Waals surface area (Å²) in [5.41, 5.74) is 2.31. The van der Waals surface area contributed by atoms with Crippen molar-refractivity contribution in [3.63, 3.8) is 0 Å². The normalized spacial score (nSPS) is 11.8. The lowest BCUT2D eigenvalue weighted by atomic mass is 10.0. The van der Waals surface area contributed by atoms with E-state index in [1.165, 1.54) is 4.90 Å². The number of esters is 1. The van der Waals surface area contributed by atoms with E-state index in [1.54, 1.807) is 19.3 Å². The fourth-order valence-electron chi connectivity index (χ4n) is 3.14. The quantitative estimate of drug-likeness (QED) is 0.225. The van der Waals surface area contributed by atoms with E-state index in [4.69, 9.17) is 9.94 Å². The van der Waals surface area contributed by atoms with E-state index in [9.17, 15) is 14.4 Å². The Morgan fingerprint density at radius 2 is 1.72 bits per heavy atom. The van der Waals surface area contributed by atoms with Crippen LogP contribution >= 0.6 is 0 Å². The second-order valence-corrected chi connectivity index (χ2v) is 7.39. The fraction of sp³-hybridized carbons (Fsp3) is 0.591. The largest absolute Gasteiger partial charge is 0.463 e. The number of ether oxygens (including phenoxy) is 1. The highest BCUT2D eigenvalue weighted by atomic mass is 16.5. The van der Waals surface area contributed by atoms with Gasteiger partial charge in [-0.2, -0.15) is 0 Å². The third-order valence-electron chi connectivity index (χ3n) is 4.54. The maximum atomic E-state index is 13.0. The zero-order valence-corrected chi connectivity index (χ0v) is 17.7. The first kappa shape index (κ1) is 24.6. The molecule has 0 heterocycles. The highest BCUT2D eigenvalue weighted by Gasteiger charge is 2.29. The molecule has 1 aromatic rings. The monoisotopic (exact) mass is 406 g/mol. The standard InChI is InChI=1S/C22H34N2O5/c1-4-5-6-7-11-14-21(26)24(16-20(25)23-28)19(15-22(27)29-17(2)3)18-12-9-8-10-13-18/h8-10,12-13,17,19,28H,4-7,11,14-16H2,1-3H3,(H,23,25). The predicted molar refractivity (Wildman–Crippen MR) is 110 cm³/mol. The first-order chi connectivity index (χ1) is 13.9. The van der Waals surface area contributed by atoms with Gasteiger partial charge in [-0.15, -0.1) is 0 Å². The summed E-state index contributed by atoms with van der Waals surface area (Å²) in [6.45, 7) is 5.31. The van der Waals surface area contributed by atoms with Gasteiger partial charge in [-0.25, -0.2) is 5.48 Å². The Morgan fingerprint density at radius 1 is 1.07 bits per heavy atom. The first-order valence-electron chi connectivity index (χ1n) is 10.4. The van der Waals surface area contributed by atoms with Crippen molar-refractivity contribution in [2.75, 3.05) is 6.54 Å². The molecule has 0 aliphatic carbocycles. The Hall–Kier alpha value is -2.41. The number of hydrogen-bond donors (Lipinski definition) is 2. The van der Waals surface area contributed by atoms with Crippen LogP contribution in [0, 0.1) is 0 Å². The molecule has 0 spiro atoms. The van der Waals surface area contributed by atoms with Crippen molar-refractivity contribution in [2.24, 2.45) is 0 Å². The molecule has 29 heavy (non-hydrogen) atoms. The average molecular weight is 407 g/mol. The molecule has 0 fully saturated rings. The first-order valence-corrected chi connectivity index (χ1v) is 10.4. The highest BCUT2D eigenvalue weighted by Crippen LogP contribution is 2.26. The van der Waals surface area contributed by atoms with E-state index >= 15 is 0 Å². The van der Waals surface area contributed by atoms with Crippen molar-refractivity contribution < 1.29 is 24.3 Å². The van der Waals surface area contributed by atoms with Gasteiger partial charge in [0.1, 0.15) is 6.54 Å². The van der Waals surface area contributed by atoms with E-state index in [1.807, 2.05) is 30.3 Å². The smallest absolute Gasteiger partial charge is 0.308 e. The predicted octanol–water partition coefficient (Wildman–Crippen LogP) is 3.76. The zero-order chi connectivity index (χ0) is 21.6. The number of unbranched alkanes of at least 4 members (excludes halogenated alkanes) is 4. The fourth-order valence-corrected chi connectivity index (χ4v) is 3.14. The molecule has 0 aromatic heterocycles. The van der Waals surface area contributed by atoms with Gasteiger partial charge in [0.05, 0.1) is 18.6 Å². The van der Waals surface area contributed by atoms with Gasteiger partial charge in [0.25, 0.3) is 5.91 Å². The van der Waals surface area contributed by atoms with E-state index in [2.05, 4.69) is 6.92 Å². The van der Waals surface area contributed by atoms with Crippen LogP contribution in [0.15, 0.2) is 30.3 Å². The van der Waals surface area contributed by atoms with Crippen LogP contribution in [0.1, 0.15) is 77.3 Å². The Morgan fingerprint density at radius 3 is 2.31 bits per heavy atom. The molecular formula is C22H34N2O5. The number of carbonyl (C=O) groups is 3. The lowest BCUT2D eigenvalue weighted by molar-refractivity contribution is -0.151. The topological polar surface area (TPSA) is 95.9 Å². The molecular weight excluding hydrogens is 372 g/mol. The minimum atomic E-state index is -0.706. The van der Waals surface area contributed by atoms with Crippen LogP contribution in [0.4, 0.5) is 0 Å².